The van der Waals surface area contributed by atoms with E-state index in [2.05, 4.69) is 52.5 Å². The molecule has 1 unspecified atom stereocenters. The Kier molecular flexibility index (Phi) is 5.61. The Morgan fingerprint density at radius 2 is 1.80 bits per heavy atom. The molecule has 0 radical (unpaired) electrons. The van der Waals surface area contributed by atoms with Gasteiger partial charge in [0.1, 0.15) is 0 Å². The van der Waals surface area contributed by atoms with Gasteiger partial charge < -0.3 is 0 Å². The minimum absolute atomic E-state index is 0.00285. The van der Waals surface area contributed by atoms with Gasteiger partial charge in [0.25, 0.3) is 0 Å². The predicted octanol–water partition coefficient (Wildman–Crippen LogP) is 4.41. The van der Waals surface area contributed by atoms with Crippen LogP contribution in [0.15, 0.2) is 46.9 Å². The van der Waals surface area contributed by atoms with Crippen LogP contribution in [0.1, 0.15) is 29.7 Å². The molecule has 0 saturated heterocycles. The highest BCUT2D eigenvalue weighted by Gasteiger charge is 2.14. The molecule has 0 aromatic heterocycles. The fourth-order valence-corrected chi connectivity index (χ4v) is 2.99. The quantitative estimate of drug-likeness (QED) is 0.617. The topological polar surface area (TPSA) is 38.0 Å². The number of hydrogen-bond donors (Lipinski definition) is 2. The molecule has 20 heavy (non-hydrogen) atoms. The van der Waals surface area contributed by atoms with Gasteiger partial charge in [-0.2, -0.15) is 0 Å². The fraction of sp³-hybridized carbons (Fsp3) is 0.250. The summed E-state index contributed by atoms with van der Waals surface area (Å²) < 4.78 is 0.967. The highest BCUT2D eigenvalue weighted by atomic mass is 79.9. The van der Waals surface area contributed by atoms with Crippen LogP contribution < -0.4 is 11.3 Å². The van der Waals surface area contributed by atoms with E-state index in [1.54, 1.807) is 0 Å². The highest BCUT2D eigenvalue weighted by Crippen LogP contribution is 2.28. The highest BCUT2D eigenvalue weighted by molar-refractivity contribution is 9.10. The fourth-order valence-electron chi connectivity index (χ4n) is 2.19. The number of hydrogen-bond acceptors (Lipinski definition) is 2. The van der Waals surface area contributed by atoms with Crippen molar-refractivity contribution in [1.82, 2.24) is 5.43 Å². The molecule has 2 rings (SSSR count). The maximum absolute atomic E-state index is 6.29. The Bertz CT molecular complexity index is 569. The van der Waals surface area contributed by atoms with Crippen molar-refractivity contribution < 1.29 is 0 Å². The number of aryl methyl sites for hydroxylation is 1. The predicted molar refractivity (Wildman–Crippen MR) is 88.7 cm³/mol. The Morgan fingerprint density at radius 1 is 1.15 bits per heavy atom. The summed E-state index contributed by atoms with van der Waals surface area (Å²) in [5, 5.41) is 0.715. The van der Waals surface area contributed by atoms with Gasteiger partial charge in [-0.15, -0.1) is 0 Å². The van der Waals surface area contributed by atoms with Gasteiger partial charge in [0.05, 0.1) is 6.04 Å². The molecule has 0 bridgehead atoms. The number of halogens is 2. The van der Waals surface area contributed by atoms with Gasteiger partial charge in [-0.1, -0.05) is 64.8 Å². The van der Waals surface area contributed by atoms with E-state index in [-0.39, 0.29) is 6.04 Å². The molecule has 2 aromatic rings. The Morgan fingerprint density at radius 3 is 2.35 bits per heavy atom. The van der Waals surface area contributed by atoms with Crippen LogP contribution in [-0.2, 0) is 12.8 Å². The summed E-state index contributed by atoms with van der Waals surface area (Å²) in [6.07, 6.45) is 1.86. The van der Waals surface area contributed by atoms with Crippen LogP contribution >= 0.6 is 27.5 Å². The van der Waals surface area contributed by atoms with Gasteiger partial charge in [-0.3, -0.25) is 11.3 Å². The van der Waals surface area contributed by atoms with Crippen LogP contribution in [-0.4, -0.2) is 0 Å². The second-order valence-electron chi connectivity index (χ2n) is 4.76. The van der Waals surface area contributed by atoms with Crippen LogP contribution in [0.25, 0.3) is 0 Å². The molecule has 4 heteroatoms. The number of nitrogens with two attached hydrogens (primary N) is 1. The van der Waals surface area contributed by atoms with Crippen molar-refractivity contribution in [3.63, 3.8) is 0 Å². The number of hydrazine groups is 1. The first kappa shape index (κ1) is 15.5. The normalized spacial score (nSPS) is 12.4. The minimum atomic E-state index is 0.00285. The molecule has 1 atom stereocenters. The molecule has 0 aliphatic carbocycles. The lowest BCUT2D eigenvalue weighted by Crippen LogP contribution is -2.29. The van der Waals surface area contributed by atoms with Crippen molar-refractivity contribution in [3.05, 3.63) is 68.7 Å². The standard InChI is InChI=1S/C16H18BrClN2/c1-2-11-3-5-12(6-4-11)9-16(20-19)14-8-7-13(17)10-15(14)18/h3-8,10,16,20H,2,9,19H2,1H3. The van der Waals surface area contributed by atoms with E-state index < -0.39 is 0 Å². The zero-order valence-corrected chi connectivity index (χ0v) is 13.7. The van der Waals surface area contributed by atoms with Gasteiger partial charge in [-0.05, 0) is 41.7 Å². The Balaban J connectivity index is 2.19. The van der Waals surface area contributed by atoms with E-state index in [9.17, 15) is 0 Å². The van der Waals surface area contributed by atoms with Gasteiger partial charge in [0, 0.05) is 9.50 Å². The number of benzene rings is 2. The van der Waals surface area contributed by atoms with Crippen molar-refractivity contribution in [3.8, 4) is 0 Å². The van der Waals surface area contributed by atoms with Crippen LogP contribution in [0.4, 0.5) is 0 Å². The van der Waals surface area contributed by atoms with E-state index in [1.165, 1.54) is 11.1 Å². The smallest absolute Gasteiger partial charge is 0.0515 e. The van der Waals surface area contributed by atoms with Crippen molar-refractivity contribution in [1.29, 1.82) is 0 Å². The van der Waals surface area contributed by atoms with Crippen molar-refractivity contribution in [2.24, 2.45) is 5.84 Å². The third kappa shape index (κ3) is 3.83. The van der Waals surface area contributed by atoms with E-state index in [1.807, 2.05) is 18.2 Å². The summed E-state index contributed by atoms with van der Waals surface area (Å²) in [7, 11) is 0. The van der Waals surface area contributed by atoms with Crippen LogP contribution in [0.3, 0.4) is 0 Å². The monoisotopic (exact) mass is 352 g/mol. The van der Waals surface area contributed by atoms with E-state index in [0.717, 1.165) is 22.9 Å². The molecule has 0 amide bonds. The summed E-state index contributed by atoms with van der Waals surface area (Å²) in [5.74, 6) is 5.70. The summed E-state index contributed by atoms with van der Waals surface area (Å²) in [6, 6.07) is 14.5. The first-order valence-corrected chi connectivity index (χ1v) is 7.80. The van der Waals surface area contributed by atoms with Gasteiger partial charge >= 0.3 is 0 Å². The SMILES string of the molecule is CCc1ccc(CC(NN)c2ccc(Br)cc2Cl)cc1. The molecule has 106 valence electrons. The third-order valence-electron chi connectivity index (χ3n) is 3.41. The largest absolute Gasteiger partial charge is 0.271 e. The molecule has 2 aromatic carbocycles. The Hall–Kier alpha value is -0.870. The molecule has 3 N–H and O–H groups in total. The first-order chi connectivity index (χ1) is 9.63. The molecule has 0 saturated carbocycles. The maximum Gasteiger partial charge on any atom is 0.0515 e. The maximum atomic E-state index is 6.29. The lowest BCUT2D eigenvalue weighted by atomic mass is 9.98. The molecular weight excluding hydrogens is 336 g/mol. The van der Waals surface area contributed by atoms with Crippen molar-refractivity contribution in [2.45, 2.75) is 25.8 Å². The summed E-state index contributed by atoms with van der Waals surface area (Å²) in [4.78, 5) is 0. The average molecular weight is 354 g/mol. The van der Waals surface area contributed by atoms with E-state index in [4.69, 9.17) is 17.4 Å². The lowest BCUT2D eigenvalue weighted by Gasteiger charge is -2.18. The lowest BCUT2D eigenvalue weighted by molar-refractivity contribution is 0.552. The van der Waals surface area contributed by atoms with Crippen LogP contribution in [0, 0.1) is 0 Å². The molecule has 2 nitrogen and oxygen atoms in total. The first-order valence-electron chi connectivity index (χ1n) is 6.63. The van der Waals surface area contributed by atoms with E-state index >= 15 is 0 Å². The molecule has 0 aliphatic heterocycles. The second kappa shape index (κ2) is 7.23. The molecule has 0 heterocycles. The second-order valence-corrected chi connectivity index (χ2v) is 6.08. The minimum Gasteiger partial charge on any atom is -0.271 e. The average Bonchev–Trinajstić information content (AvgIpc) is 2.46. The van der Waals surface area contributed by atoms with E-state index in [0.29, 0.717) is 5.02 Å². The summed E-state index contributed by atoms with van der Waals surface area (Å²) in [5.41, 5.74) is 6.45. The Labute approximate surface area is 133 Å². The van der Waals surface area contributed by atoms with Crippen LogP contribution in [0.2, 0.25) is 5.02 Å². The van der Waals surface area contributed by atoms with Crippen molar-refractivity contribution in [2.75, 3.05) is 0 Å². The third-order valence-corrected chi connectivity index (χ3v) is 4.23. The zero-order chi connectivity index (χ0) is 14.5. The zero-order valence-electron chi connectivity index (χ0n) is 11.4. The number of nitrogens with one attached hydrogen (secondary N) is 1. The van der Waals surface area contributed by atoms with Gasteiger partial charge in [-0.25, -0.2) is 0 Å². The molecule has 0 aliphatic rings. The molecular formula is C16H18BrClN2. The van der Waals surface area contributed by atoms with Gasteiger partial charge in [0.15, 0.2) is 0 Å². The van der Waals surface area contributed by atoms with Gasteiger partial charge in [0.2, 0.25) is 0 Å². The summed E-state index contributed by atoms with van der Waals surface area (Å²) in [6.45, 7) is 2.15. The van der Waals surface area contributed by atoms with Crippen LogP contribution in [0.5, 0.6) is 0 Å². The summed E-state index contributed by atoms with van der Waals surface area (Å²) >= 11 is 9.71. The molecule has 0 fully saturated rings. The molecule has 0 spiro atoms. The number of rotatable bonds is 5. The van der Waals surface area contributed by atoms with Crippen molar-refractivity contribution >= 4 is 27.5 Å².